The molecule has 0 spiro atoms. The van der Waals surface area contributed by atoms with Crippen LogP contribution in [0.2, 0.25) is 0 Å². The Morgan fingerprint density at radius 1 is 1.35 bits per heavy atom. The summed E-state index contributed by atoms with van der Waals surface area (Å²) >= 11 is 0. The standard InChI is InChI=1S/C15H14FNO3/c1-9(2)10-4-3-5-11(8-10)20-14-13(16)12(15(18)19)6-7-17-14/h3-9H,1-2H3,(H,18,19). The van der Waals surface area contributed by atoms with Gasteiger partial charge in [0.2, 0.25) is 0 Å². The fourth-order valence-electron chi connectivity index (χ4n) is 1.71. The van der Waals surface area contributed by atoms with Gasteiger partial charge in [0.25, 0.3) is 5.88 Å². The third kappa shape index (κ3) is 2.93. The molecule has 0 aliphatic carbocycles. The highest BCUT2D eigenvalue weighted by Crippen LogP contribution is 2.26. The number of carboxylic acids is 1. The SMILES string of the molecule is CC(C)c1cccc(Oc2nccc(C(=O)O)c2F)c1. The molecule has 2 rings (SSSR count). The molecule has 1 aromatic carbocycles. The molecule has 0 bridgehead atoms. The molecule has 0 fully saturated rings. The van der Waals surface area contributed by atoms with Crippen LogP contribution in [0.4, 0.5) is 4.39 Å². The average molecular weight is 275 g/mol. The lowest BCUT2D eigenvalue weighted by atomic mass is 10.0. The highest BCUT2D eigenvalue weighted by Gasteiger charge is 2.16. The minimum atomic E-state index is -1.36. The molecule has 2 aromatic rings. The van der Waals surface area contributed by atoms with Gasteiger partial charge in [-0.25, -0.2) is 14.2 Å². The third-order valence-corrected chi connectivity index (χ3v) is 2.83. The fraction of sp³-hybridized carbons (Fsp3) is 0.200. The molecule has 1 N–H and O–H groups in total. The second-order valence-electron chi connectivity index (χ2n) is 4.61. The summed E-state index contributed by atoms with van der Waals surface area (Å²) in [5.41, 5.74) is 0.576. The zero-order valence-corrected chi connectivity index (χ0v) is 11.1. The monoisotopic (exact) mass is 275 g/mol. The summed E-state index contributed by atoms with van der Waals surface area (Å²) in [6.07, 6.45) is 1.20. The first-order valence-electron chi connectivity index (χ1n) is 6.14. The largest absolute Gasteiger partial charge is 0.478 e. The van der Waals surface area contributed by atoms with Crippen molar-refractivity contribution >= 4 is 5.97 Å². The Hall–Kier alpha value is -2.43. The Labute approximate surface area is 115 Å². The second-order valence-corrected chi connectivity index (χ2v) is 4.61. The summed E-state index contributed by atoms with van der Waals surface area (Å²) in [5, 5.41) is 8.85. The molecular formula is C15H14FNO3. The molecule has 20 heavy (non-hydrogen) atoms. The summed E-state index contributed by atoms with van der Waals surface area (Å²) in [4.78, 5) is 14.6. The lowest BCUT2D eigenvalue weighted by Gasteiger charge is -2.10. The van der Waals surface area contributed by atoms with E-state index in [0.29, 0.717) is 11.7 Å². The first-order chi connectivity index (χ1) is 9.49. The molecule has 0 amide bonds. The summed E-state index contributed by atoms with van der Waals surface area (Å²) in [5.74, 6) is -1.95. The van der Waals surface area contributed by atoms with E-state index >= 15 is 0 Å². The van der Waals surface area contributed by atoms with Gasteiger partial charge in [0, 0.05) is 6.20 Å². The van der Waals surface area contributed by atoms with E-state index < -0.39 is 17.3 Å². The van der Waals surface area contributed by atoms with Crippen molar-refractivity contribution in [1.29, 1.82) is 0 Å². The average Bonchev–Trinajstić information content (AvgIpc) is 2.41. The number of halogens is 1. The number of benzene rings is 1. The molecule has 0 aliphatic rings. The first kappa shape index (κ1) is 14.0. The lowest BCUT2D eigenvalue weighted by molar-refractivity contribution is 0.0690. The predicted molar refractivity (Wildman–Crippen MR) is 71.8 cm³/mol. The number of hydrogen-bond acceptors (Lipinski definition) is 3. The number of pyridine rings is 1. The molecule has 1 heterocycles. The van der Waals surface area contributed by atoms with Gasteiger partial charge >= 0.3 is 5.97 Å². The van der Waals surface area contributed by atoms with E-state index in [1.165, 1.54) is 6.20 Å². The van der Waals surface area contributed by atoms with E-state index in [0.717, 1.165) is 11.6 Å². The molecule has 0 saturated heterocycles. The van der Waals surface area contributed by atoms with Gasteiger partial charge < -0.3 is 9.84 Å². The molecule has 0 radical (unpaired) electrons. The number of carboxylic acid groups (broad SMARTS) is 1. The first-order valence-corrected chi connectivity index (χ1v) is 6.14. The van der Waals surface area contributed by atoms with Gasteiger partial charge in [-0.15, -0.1) is 0 Å². The number of rotatable bonds is 4. The minimum absolute atomic E-state index is 0.307. The van der Waals surface area contributed by atoms with Crippen LogP contribution < -0.4 is 4.74 Å². The summed E-state index contributed by atoms with van der Waals surface area (Å²) in [6, 6.07) is 8.27. The topological polar surface area (TPSA) is 59.4 Å². The van der Waals surface area contributed by atoms with Gasteiger partial charge in [-0.1, -0.05) is 26.0 Å². The van der Waals surface area contributed by atoms with Gasteiger partial charge in [0.1, 0.15) is 11.3 Å². The van der Waals surface area contributed by atoms with Gasteiger partial charge in [0.15, 0.2) is 5.82 Å². The van der Waals surface area contributed by atoms with Gasteiger partial charge in [-0.05, 0) is 29.7 Å². The predicted octanol–water partition coefficient (Wildman–Crippen LogP) is 3.83. The maximum atomic E-state index is 13.9. The Kier molecular flexibility index (Phi) is 3.98. The number of carbonyl (C=O) groups is 1. The number of hydrogen-bond donors (Lipinski definition) is 1. The normalized spacial score (nSPS) is 10.6. The number of nitrogens with zero attached hydrogens (tertiary/aromatic N) is 1. The quantitative estimate of drug-likeness (QED) is 0.921. The van der Waals surface area contributed by atoms with E-state index in [1.807, 2.05) is 19.9 Å². The molecule has 0 atom stereocenters. The smallest absolute Gasteiger partial charge is 0.338 e. The van der Waals surface area contributed by atoms with Crippen molar-refractivity contribution in [3.8, 4) is 11.6 Å². The molecular weight excluding hydrogens is 261 g/mol. The van der Waals surface area contributed by atoms with E-state index in [-0.39, 0.29) is 5.88 Å². The van der Waals surface area contributed by atoms with Crippen LogP contribution in [0, 0.1) is 5.82 Å². The molecule has 104 valence electrons. The number of aromatic nitrogens is 1. The van der Waals surface area contributed by atoms with Crippen LogP contribution in [-0.2, 0) is 0 Å². The van der Waals surface area contributed by atoms with Crippen LogP contribution in [0.15, 0.2) is 36.5 Å². The zero-order chi connectivity index (χ0) is 14.7. The van der Waals surface area contributed by atoms with Crippen molar-refractivity contribution in [2.45, 2.75) is 19.8 Å². The maximum Gasteiger partial charge on any atom is 0.338 e. The molecule has 4 nitrogen and oxygen atoms in total. The van der Waals surface area contributed by atoms with Crippen LogP contribution in [-0.4, -0.2) is 16.1 Å². The van der Waals surface area contributed by atoms with Crippen molar-refractivity contribution in [1.82, 2.24) is 4.98 Å². The number of ether oxygens (including phenoxy) is 1. The van der Waals surface area contributed by atoms with Crippen LogP contribution in [0.1, 0.15) is 35.7 Å². The zero-order valence-electron chi connectivity index (χ0n) is 11.1. The Morgan fingerprint density at radius 2 is 2.10 bits per heavy atom. The van der Waals surface area contributed by atoms with Crippen LogP contribution >= 0.6 is 0 Å². The van der Waals surface area contributed by atoms with Crippen LogP contribution in [0.25, 0.3) is 0 Å². The van der Waals surface area contributed by atoms with E-state index in [2.05, 4.69) is 4.98 Å². The van der Waals surface area contributed by atoms with Crippen molar-refractivity contribution in [2.24, 2.45) is 0 Å². The van der Waals surface area contributed by atoms with Crippen LogP contribution in [0.5, 0.6) is 11.6 Å². The van der Waals surface area contributed by atoms with Gasteiger partial charge in [-0.3, -0.25) is 0 Å². The van der Waals surface area contributed by atoms with Crippen molar-refractivity contribution in [3.05, 3.63) is 53.5 Å². The molecule has 1 aromatic heterocycles. The molecule has 5 heteroatoms. The summed E-state index contributed by atoms with van der Waals surface area (Å²) in [6.45, 7) is 4.06. The molecule has 0 unspecified atom stereocenters. The van der Waals surface area contributed by atoms with Crippen molar-refractivity contribution in [3.63, 3.8) is 0 Å². The van der Waals surface area contributed by atoms with Gasteiger partial charge in [-0.2, -0.15) is 0 Å². The lowest BCUT2D eigenvalue weighted by Crippen LogP contribution is -2.03. The van der Waals surface area contributed by atoms with Gasteiger partial charge in [0.05, 0.1) is 0 Å². The maximum absolute atomic E-state index is 13.9. The van der Waals surface area contributed by atoms with E-state index in [9.17, 15) is 9.18 Å². The van der Waals surface area contributed by atoms with E-state index in [1.54, 1.807) is 18.2 Å². The summed E-state index contributed by atoms with van der Waals surface area (Å²) in [7, 11) is 0. The van der Waals surface area contributed by atoms with Crippen LogP contribution in [0.3, 0.4) is 0 Å². The second kappa shape index (κ2) is 5.69. The Balaban J connectivity index is 2.33. The fourth-order valence-corrected chi connectivity index (χ4v) is 1.71. The van der Waals surface area contributed by atoms with E-state index in [4.69, 9.17) is 9.84 Å². The minimum Gasteiger partial charge on any atom is -0.478 e. The van der Waals surface area contributed by atoms with Crippen molar-refractivity contribution < 1.29 is 19.0 Å². The Morgan fingerprint density at radius 3 is 2.75 bits per heavy atom. The third-order valence-electron chi connectivity index (χ3n) is 2.83. The highest BCUT2D eigenvalue weighted by atomic mass is 19.1. The molecule has 0 aliphatic heterocycles. The number of aromatic carboxylic acids is 1. The summed E-state index contributed by atoms with van der Waals surface area (Å²) < 4.78 is 19.2. The highest BCUT2D eigenvalue weighted by molar-refractivity contribution is 5.88. The Bertz CT molecular complexity index is 641. The molecule has 0 saturated carbocycles. The van der Waals surface area contributed by atoms with Crippen molar-refractivity contribution in [2.75, 3.05) is 0 Å².